The van der Waals surface area contributed by atoms with Gasteiger partial charge in [0.15, 0.2) is 0 Å². The third-order valence-electron chi connectivity index (χ3n) is 4.74. The lowest BCUT2D eigenvalue weighted by Crippen LogP contribution is -2.23. The number of aromatic nitrogens is 2. The number of rotatable bonds is 7. The van der Waals surface area contributed by atoms with E-state index in [0.29, 0.717) is 24.4 Å². The first-order chi connectivity index (χ1) is 14.7. The van der Waals surface area contributed by atoms with E-state index in [0.717, 1.165) is 34.3 Å². The maximum absolute atomic E-state index is 13.0. The summed E-state index contributed by atoms with van der Waals surface area (Å²) < 4.78 is 5.61. The summed E-state index contributed by atoms with van der Waals surface area (Å²) in [4.78, 5) is 22.1. The van der Waals surface area contributed by atoms with Gasteiger partial charge in [-0.2, -0.15) is 0 Å². The summed E-state index contributed by atoms with van der Waals surface area (Å²) in [5.74, 6) is 0.698. The number of amides is 1. The number of carbonyl (C=O) groups excluding carboxylic acids is 1. The molecule has 0 saturated heterocycles. The van der Waals surface area contributed by atoms with Crippen LogP contribution in [0.15, 0.2) is 79.0 Å². The van der Waals surface area contributed by atoms with Crippen molar-refractivity contribution in [2.24, 2.45) is 0 Å². The van der Waals surface area contributed by atoms with Gasteiger partial charge in [0.05, 0.1) is 29.1 Å². The molecule has 5 heteroatoms. The van der Waals surface area contributed by atoms with Gasteiger partial charge in [0.1, 0.15) is 5.75 Å². The Balaban J connectivity index is 1.56. The molecule has 0 fully saturated rings. The van der Waals surface area contributed by atoms with Crippen molar-refractivity contribution in [2.75, 3.05) is 6.61 Å². The predicted octanol–water partition coefficient (Wildman–Crippen LogP) is 5.02. The van der Waals surface area contributed by atoms with Gasteiger partial charge in [0.2, 0.25) is 0 Å². The highest BCUT2D eigenvalue weighted by molar-refractivity contribution is 6.07. The van der Waals surface area contributed by atoms with Crippen LogP contribution in [0.1, 0.15) is 29.3 Å². The molecule has 0 aliphatic rings. The van der Waals surface area contributed by atoms with Gasteiger partial charge in [0, 0.05) is 18.1 Å². The van der Waals surface area contributed by atoms with Crippen molar-refractivity contribution in [3.05, 3.63) is 90.1 Å². The maximum Gasteiger partial charge on any atom is 0.252 e. The van der Waals surface area contributed by atoms with Crippen molar-refractivity contribution in [1.82, 2.24) is 15.3 Å². The fourth-order valence-electron chi connectivity index (χ4n) is 3.21. The van der Waals surface area contributed by atoms with E-state index in [-0.39, 0.29) is 5.91 Å². The largest absolute Gasteiger partial charge is 0.494 e. The minimum absolute atomic E-state index is 0.142. The zero-order valence-corrected chi connectivity index (χ0v) is 16.8. The minimum atomic E-state index is -0.142. The van der Waals surface area contributed by atoms with E-state index in [9.17, 15) is 4.79 Å². The van der Waals surface area contributed by atoms with Crippen molar-refractivity contribution in [2.45, 2.75) is 19.9 Å². The average Bonchev–Trinajstić information content (AvgIpc) is 2.81. The molecule has 2 aromatic heterocycles. The highest BCUT2D eigenvalue weighted by Crippen LogP contribution is 2.23. The Labute approximate surface area is 175 Å². The molecule has 0 aliphatic carbocycles. The van der Waals surface area contributed by atoms with Crippen molar-refractivity contribution in [3.63, 3.8) is 0 Å². The molecule has 0 aliphatic heterocycles. The molecule has 0 atom stereocenters. The van der Waals surface area contributed by atoms with E-state index in [1.807, 2.05) is 72.8 Å². The van der Waals surface area contributed by atoms with Gasteiger partial charge in [-0.05, 0) is 48.4 Å². The molecule has 4 aromatic rings. The Bertz CT molecular complexity index is 1140. The number of benzene rings is 2. The van der Waals surface area contributed by atoms with Crippen LogP contribution in [0.5, 0.6) is 5.75 Å². The van der Waals surface area contributed by atoms with E-state index in [1.165, 1.54) is 0 Å². The summed E-state index contributed by atoms with van der Waals surface area (Å²) in [5.41, 5.74) is 3.78. The van der Waals surface area contributed by atoms with Gasteiger partial charge in [-0.15, -0.1) is 0 Å². The van der Waals surface area contributed by atoms with Crippen LogP contribution in [0.4, 0.5) is 0 Å². The van der Waals surface area contributed by atoms with E-state index < -0.39 is 0 Å². The van der Waals surface area contributed by atoms with Gasteiger partial charge in [-0.1, -0.05) is 43.3 Å². The van der Waals surface area contributed by atoms with E-state index >= 15 is 0 Å². The third kappa shape index (κ3) is 4.46. The third-order valence-corrected chi connectivity index (χ3v) is 4.74. The zero-order valence-electron chi connectivity index (χ0n) is 16.8. The molecule has 0 unspecified atom stereocenters. The molecule has 2 aromatic carbocycles. The molecule has 150 valence electrons. The number of hydrogen-bond acceptors (Lipinski definition) is 4. The Kier molecular flexibility index (Phi) is 5.99. The predicted molar refractivity (Wildman–Crippen MR) is 118 cm³/mol. The van der Waals surface area contributed by atoms with Gasteiger partial charge < -0.3 is 10.1 Å². The van der Waals surface area contributed by atoms with Gasteiger partial charge in [-0.3, -0.25) is 9.78 Å². The van der Waals surface area contributed by atoms with Crippen LogP contribution in [0, 0.1) is 0 Å². The molecular formula is C25H23N3O2. The molecule has 1 N–H and O–H groups in total. The number of nitrogens with one attached hydrogen (secondary N) is 1. The van der Waals surface area contributed by atoms with E-state index in [1.54, 1.807) is 6.20 Å². The summed E-state index contributed by atoms with van der Waals surface area (Å²) in [6, 6.07) is 22.9. The second-order valence-corrected chi connectivity index (χ2v) is 6.96. The first kappa shape index (κ1) is 19.6. The number of ether oxygens (including phenoxy) is 1. The summed E-state index contributed by atoms with van der Waals surface area (Å²) >= 11 is 0. The summed E-state index contributed by atoms with van der Waals surface area (Å²) in [5, 5.41) is 3.84. The SMILES string of the molecule is CCCOc1ccc(CNC(=O)c2cc(-c3ccccn3)nc3ccccc23)cc1. The van der Waals surface area contributed by atoms with Crippen LogP contribution in [0.2, 0.25) is 0 Å². The molecule has 30 heavy (non-hydrogen) atoms. The van der Waals surface area contributed by atoms with Gasteiger partial charge in [0.25, 0.3) is 5.91 Å². The molecule has 0 radical (unpaired) electrons. The highest BCUT2D eigenvalue weighted by atomic mass is 16.5. The molecule has 4 rings (SSSR count). The van der Waals surface area contributed by atoms with Crippen molar-refractivity contribution < 1.29 is 9.53 Å². The fraction of sp³-hybridized carbons (Fsp3) is 0.160. The lowest BCUT2D eigenvalue weighted by molar-refractivity contribution is 0.0952. The quantitative estimate of drug-likeness (QED) is 0.476. The number of nitrogens with zero attached hydrogens (tertiary/aromatic N) is 2. The summed E-state index contributed by atoms with van der Waals surface area (Å²) in [7, 11) is 0. The zero-order chi connectivity index (χ0) is 20.8. The topological polar surface area (TPSA) is 64.1 Å². The summed E-state index contributed by atoms with van der Waals surface area (Å²) in [6.45, 7) is 3.21. The molecule has 5 nitrogen and oxygen atoms in total. The van der Waals surface area contributed by atoms with Crippen LogP contribution in [-0.4, -0.2) is 22.5 Å². The van der Waals surface area contributed by atoms with Crippen LogP contribution >= 0.6 is 0 Å². The molecule has 0 bridgehead atoms. The number of para-hydroxylation sites is 1. The van der Waals surface area contributed by atoms with Crippen molar-refractivity contribution in [3.8, 4) is 17.1 Å². The molecule has 1 amide bonds. The minimum Gasteiger partial charge on any atom is -0.494 e. The van der Waals surface area contributed by atoms with Crippen LogP contribution in [0.25, 0.3) is 22.3 Å². The number of hydrogen-bond donors (Lipinski definition) is 1. The highest BCUT2D eigenvalue weighted by Gasteiger charge is 2.14. The second-order valence-electron chi connectivity index (χ2n) is 6.96. The number of carbonyl (C=O) groups is 1. The molecule has 0 spiro atoms. The lowest BCUT2D eigenvalue weighted by Gasteiger charge is -2.11. The average molecular weight is 397 g/mol. The Morgan fingerprint density at radius 1 is 0.967 bits per heavy atom. The Morgan fingerprint density at radius 3 is 2.53 bits per heavy atom. The van der Waals surface area contributed by atoms with Crippen LogP contribution in [0.3, 0.4) is 0 Å². The Hall–Kier alpha value is -3.73. The number of pyridine rings is 2. The van der Waals surface area contributed by atoms with E-state index in [4.69, 9.17) is 4.74 Å². The van der Waals surface area contributed by atoms with E-state index in [2.05, 4.69) is 22.2 Å². The first-order valence-electron chi connectivity index (χ1n) is 10.1. The van der Waals surface area contributed by atoms with Crippen LogP contribution < -0.4 is 10.1 Å². The Morgan fingerprint density at radius 2 is 1.77 bits per heavy atom. The van der Waals surface area contributed by atoms with Crippen molar-refractivity contribution in [1.29, 1.82) is 0 Å². The molecular weight excluding hydrogens is 374 g/mol. The fourth-order valence-corrected chi connectivity index (χ4v) is 3.21. The van der Waals surface area contributed by atoms with Crippen LogP contribution in [-0.2, 0) is 6.54 Å². The normalized spacial score (nSPS) is 10.7. The van der Waals surface area contributed by atoms with Gasteiger partial charge in [-0.25, -0.2) is 4.98 Å². The van der Waals surface area contributed by atoms with Crippen molar-refractivity contribution >= 4 is 16.8 Å². The lowest BCUT2D eigenvalue weighted by atomic mass is 10.1. The van der Waals surface area contributed by atoms with Gasteiger partial charge >= 0.3 is 0 Å². The molecule has 2 heterocycles. The first-order valence-corrected chi connectivity index (χ1v) is 10.1. The smallest absolute Gasteiger partial charge is 0.252 e. The second kappa shape index (κ2) is 9.18. The monoisotopic (exact) mass is 397 g/mol. The molecule has 0 saturated carbocycles. The maximum atomic E-state index is 13.0. The standard InChI is InChI=1S/C25H23N3O2/c1-2-15-30-19-12-10-18(11-13-19)17-27-25(29)21-16-24(23-9-5-6-14-26-23)28-22-8-4-3-7-20(21)22/h3-14,16H,2,15,17H2,1H3,(H,27,29). The number of fused-ring (bicyclic) bond motifs is 1. The summed E-state index contributed by atoms with van der Waals surface area (Å²) in [6.07, 6.45) is 2.69.